The molecule has 0 aliphatic carbocycles. The number of para-hydroxylation sites is 2. The normalized spacial score (nSPS) is 17.0. The van der Waals surface area contributed by atoms with Gasteiger partial charge in [-0.2, -0.15) is 0 Å². The van der Waals surface area contributed by atoms with Crippen LogP contribution in [-0.2, 0) is 9.63 Å². The topological polar surface area (TPSA) is 100 Å². The minimum atomic E-state index is -0.816. The van der Waals surface area contributed by atoms with Crippen LogP contribution in [0.4, 0.5) is 0 Å². The number of carbonyl (C=O) groups is 2. The van der Waals surface area contributed by atoms with E-state index >= 15 is 0 Å². The molecule has 2 atom stereocenters. The highest BCUT2D eigenvalue weighted by Crippen LogP contribution is 2.29. The Morgan fingerprint density at radius 1 is 1.03 bits per heavy atom. The Labute approximate surface area is 210 Å². The molecule has 8 nitrogen and oxygen atoms in total. The van der Waals surface area contributed by atoms with E-state index in [4.69, 9.17) is 9.57 Å². The van der Waals surface area contributed by atoms with Crippen LogP contribution in [0, 0.1) is 0 Å². The van der Waals surface area contributed by atoms with Gasteiger partial charge in [0.25, 0.3) is 5.91 Å². The lowest BCUT2D eigenvalue weighted by Gasteiger charge is -2.25. The van der Waals surface area contributed by atoms with E-state index in [1.807, 2.05) is 48.5 Å². The first-order valence-electron chi connectivity index (χ1n) is 11.8. The second-order valence-corrected chi connectivity index (χ2v) is 8.48. The third kappa shape index (κ3) is 6.28. The zero-order chi connectivity index (χ0) is 25.3. The molecule has 4 rings (SSSR count). The molecular weight excluding hydrogens is 458 g/mol. The van der Waals surface area contributed by atoms with Gasteiger partial charge in [0.15, 0.2) is 0 Å². The van der Waals surface area contributed by atoms with Crippen LogP contribution in [0.25, 0.3) is 0 Å². The zero-order valence-electron chi connectivity index (χ0n) is 20.0. The van der Waals surface area contributed by atoms with Crippen LogP contribution in [-0.4, -0.2) is 53.8 Å². The van der Waals surface area contributed by atoms with Gasteiger partial charge < -0.3 is 24.9 Å². The Morgan fingerprint density at radius 3 is 2.42 bits per heavy atom. The van der Waals surface area contributed by atoms with E-state index in [1.54, 1.807) is 41.3 Å². The van der Waals surface area contributed by atoms with Crippen LogP contribution < -0.4 is 10.1 Å². The van der Waals surface area contributed by atoms with Gasteiger partial charge >= 0.3 is 0 Å². The summed E-state index contributed by atoms with van der Waals surface area (Å²) in [6.45, 7) is 0.327. The maximum atomic E-state index is 13.6. The van der Waals surface area contributed by atoms with Crippen LogP contribution >= 0.6 is 0 Å². The summed E-state index contributed by atoms with van der Waals surface area (Å²) in [5.74, 6) is 0.527. The highest BCUT2D eigenvalue weighted by atomic mass is 16.6. The Bertz CT molecular complexity index is 1200. The third-order valence-electron chi connectivity index (χ3n) is 5.93. The van der Waals surface area contributed by atoms with Crippen LogP contribution in [0.15, 0.2) is 90.1 Å². The predicted octanol–water partition coefficient (Wildman–Crippen LogP) is 3.94. The Kier molecular flexibility index (Phi) is 8.31. The van der Waals surface area contributed by atoms with Crippen molar-refractivity contribution in [1.29, 1.82) is 0 Å². The van der Waals surface area contributed by atoms with Gasteiger partial charge in [-0.3, -0.25) is 9.59 Å². The summed E-state index contributed by atoms with van der Waals surface area (Å²) in [6.07, 6.45) is -0.336. The second-order valence-electron chi connectivity index (χ2n) is 8.48. The molecule has 1 unspecified atom stereocenters. The van der Waals surface area contributed by atoms with E-state index < -0.39 is 12.1 Å². The minimum Gasteiger partial charge on any atom is -0.457 e. The van der Waals surface area contributed by atoms with Crippen molar-refractivity contribution < 1.29 is 24.3 Å². The first-order valence-corrected chi connectivity index (χ1v) is 11.8. The molecule has 0 radical (unpaired) electrons. The summed E-state index contributed by atoms with van der Waals surface area (Å²) in [7, 11) is 1.45. The van der Waals surface area contributed by atoms with Crippen LogP contribution in [0.2, 0.25) is 0 Å². The second kappa shape index (κ2) is 12.0. The van der Waals surface area contributed by atoms with Crippen molar-refractivity contribution in [3.8, 4) is 11.5 Å². The first kappa shape index (κ1) is 24.9. The molecule has 0 spiro atoms. The summed E-state index contributed by atoms with van der Waals surface area (Å²) < 4.78 is 5.98. The van der Waals surface area contributed by atoms with Gasteiger partial charge in [0.05, 0.1) is 23.9 Å². The number of benzene rings is 3. The zero-order valence-corrected chi connectivity index (χ0v) is 20.0. The van der Waals surface area contributed by atoms with Gasteiger partial charge in [-0.25, -0.2) is 0 Å². The lowest BCUT2D eigenvalue weighted by atomic mass is 10.1. The van der Waals surface area contributed by atoms with Crippen molar-refractivity contribution in [1.82, 2.24) is 10.2 Å². The number of rotatable bonds is 9. The predicted molar refractivity (Wildman–Crippen MR) is 136 cm³/mol. The molecule has 0 saturated carbocycles. The standard InChI is InChI=1S/C28H29N3O5/c1-35-30-21-16-22(17-27(33)29-18-25(32)20-10-4-2-5-11-20)31(19-21)28(34)24-14-8-9-15-26(24)36-23-12-6-3-7-13-23/h2-15,22,25,32H,16-19H2,1H3,(H,29,33)/t22-,25?/m0/s1. The SMILES string of the molecule is CON=C1C[C@@H](CC(=O)NCC(O)c2ccccc2)N(C(=O)c2ccccc2Oc2ccccc2)C1. The molecule has 36 heavy (non-hydrogen) atoms. The van der Waals surface area contributed by atoms with Crippen molar-refractivity contribution >= 4 is 17.5 Å². The summed E-state index contributed by atoms with van der Waals surface area (Å²) >= 11 is 0. The summed E-state index contributed by atoms with van der Waals surface area (Å²) in [4.78, 5) is 32.9. The Morgan fingerprint density at radius 2 is 1.69 bits per heavy atom. The molecule has 186 valence electrons. The van der Waals surface area contributed by atoms with Gasteiger partial charge in [0.2, 0.25) is 5.91 Å². The van der Waals surface area contributed by atoms with Crippen LogP contribution in [0.1, 0.15) is 34.9 Å². The average Bonchev–Trinajstić information content (AvgIpc) is 3.30. The molecule has 0 aromatic heterocycles. The quantitative estimate of drug-likeness (QED) is 0.446. The number of carbonyl (C=O) groups excluding carboxylic acids is 2. The van der Waals surface area contributed by atoms with E-state index in [0.29, 0.717) is 29.2 Å². The molecule has 2 amide bonds. The number of ether oxygens (including phenoxy) is 1. The number of oxime groups is 1. The molecule has 1 fully saturated rings. The molecular formula is C28H29N3O5. The number of hydrogen-bond donors (Lipinski definition) is 2. The molecule has 1 saturated heterocycles. The van der Waals surface area contributed by atoms with Crippen LogP contribution in [0.5, 0.6) is 11.5 Å². The first-order chi connectivity index (χ1) is 17.5. The van der Waals surface area contributed by atoms with E-state index in [1.165, 1.54) is 7.11 Å². The number of likely N-dealkylation sites (tertiary alicyclic amines) is 1. The van der Waals surface area contributed by atoms with Crippen molar-refractivity contribution in [2.45, 2.75) is 25.0 Å². The lowest BCUT2D eigenvalue weighted by molar-refractivity contribution is -0.122. The molecule has 0 bridgehead atoms. The van der Waals surface area contributed by atoms with Crippen LogP contribution in [0.3, 0.4) is 0 Å². The number of nitrogens with zero attached hydrogens (tertiary/aromatic N) is 2. The molecule has 1 aliphatic rings. The largest absolute Gasteiger partial charge is 0.457 e. The number of hydrogen-bond acceptors (Lipinski definition) is 6. The Hall–Kier alpha value is -4.17. The molecule has 1 heterocycles. The highest BCUT2D eigenvalue weighted by molar-refractivity contribution is 6.02. The van der Waals surface area contributed by atoms with E-state index in [-0.39, 0.29) is 31.3 Å². The summed E-state index contributed by atoms with van der Waals surface area (Å²) in [6, 6.07) is 25.0. The maximum Gasteiger partial charge on any atom is 0.258 e. The van der Waals surface area contributed by atoms with Gasteiger partial charge in [-0.1, -0.05) is 65.8 Å². The van der Waals surface area contributed by atoms with E-state index in [9.17, 15) is 14.7 Å². The van der Waals surface area contributed by atoms with Crippen molar-refractivity contribution in [3.05, 3.63) is 96.1 Å². The lowest BCUT2D eigenvalue weighted by Crippen LogP contribution is -2.40. The fraction of sp³-hybridized carbons (Fsp3) is 0.250. The molecule has 3 aromatic rings. The number of nitrogens with one attached hydrogen (secondary N) is 1. The average molecular weight is 488 g/mol. The smallest absolute Gasteiger partial charge is 0.258 e. The molecule has 2 N–H and O–H groups in total. The van der Waals surface area contributed by atoms with Crippen molar-refractivity contribution in [2.24, 2.45) is 5.16 Å². The summed E-state index contributed by atoms with van der Waals surface area (Å²) in [5.41, 5.74) is 1.79. The highest BCUT2D eigenvalue weighted by Gasteiger charge is 2.36. The van der Waals surface area contributed by atoms with Crippen molar-refractivity contribution in [2.75, 3.05) is 20.2 Å². The molecule has 3 aromatic carbocycles. The number of aliphatic hydroxyl groups excluding tert-OH is 1. The maximum absolute atomic E-state index is 13.6. The number of aliphatic hydroxyl groups is 1. The summed E-state index contributed by atoms with van der Waals surface area (Å²) in [5, 5.41) is 17.2. The van der Waals surface area contributed by atoms with Gasteiger partial charge in [0, 0.05) is 25.4 Å². The Balaban J connectivity index is 1.46. The number of amides is 2. The minimum absolute atomic E-state index is 0.0672. The molecule has 1 aliphatic heterocycles. The third-order valence-corrected chi connectivity index (χ3v) is 5.93. The van der Waals surface area contributed by atoms with E-state index in [2.05, 4.69) is 10.5 Å². The fourth-order valence-electron chi connectivity index (χ4n) is 4.18. The van der Waals surface area contributed by atoms with Gasteiger partial charge in [-0.15, -0.1) is 0 Å². The fourth-order valence-corrected chi connectivity index (χ4v) is 4.18. The van der Waals surface area contributed by atoms with Crippen molar-refractivity contribution in [3.63, 3.8) is 0 Å². The van der Waals surface area contributed by atoms with Gasteiger partial charge in [0.1, 0.15) is 18.6 Å². The van der Waals surface area contributed by atoms with Gasteiger partial charge in [-0.05, 0) is 29.8 Å². The molecule has 8 heteroatoms. The van der Waals surface area contributed by atoms with E-state index in [0.717, 1.165) is 5.56 Å². The monoisotopic (exact) mass is 487 g/mol.